The minimum Gasteiger partial charge on any atom is -0.491 e. The molecular formula is C23H25N3O3. The molecule has 0 radical (unpaired) electrons. The third-order valence-corrected chi connectivity index (χ3v) is 4.54. The predicted molar refractivity (Wildman–Crippen MR) is 110 cm³/mol. The van der Waals surface area contributed by atoms with Crippen LogP contribution in [0.15, 0.2) is 65.2 Å². The molecule has 3 aromatic rings. The number of aromatic nitrogens is 1. The molecule has 0 aliphatic carbocycles. The minimum absolute atomic E-state index is 0.207. The van der Waals surface area contributed by atoms with E-state index in [0.717, 1.165) is 36.4 Å². The van der Waals surface area contributed by atoms with Gasteiger partial charge in [-0.2, -0.15) is 5.26 Å². The Kier molecular flexibility index (Phi) is 7.40. The molecule has 1 heterocycles. The minimum atomic E-state index is -0.592. The zero-order valence-corrected chi connectivity index (χ0v) is 16.5. The highest BCUT2D eigenvalue weighted by Gasteiger charge is 2.11. The van der Waals surface area contributed by atoms with Gasteiger partial charge in [0.15, 0.2) is 0 Å². The Labute approximate surface area is 170 Å². The third-order valence-electron chi connectivity index (χ3n) is 4.54. The molecule has 1 N–H and O–H groups in total. The monoisotopic (exact) mass is 391 g/mol. The summed E-state index contributed by atoms with van der Waals surface area (Å²) in [6.45, 7) is 1.55. The summed E-state index contributed by atoms with van der Waals surface area (Å²) in [7, 11) is 1.97. The molecular weight excluding hydrogens is 366 g/mol. The Morgan fingerprint density at radius 2 is 1.93 bits per heavy atom. The van der Waals surface area contributed by atoms with Crippen molar-refractivity contribution in [3.63, 3.8) is 0 Å². The van der Waals surface area contributed by atoms with Gasteiger partial charge in [0.1, 0.15) is 29.9 Å². The van der Waals surface area contributed by atoms with E-state index < -0.39 is 6.10 Å². The lowest BCUT2D eigenvalue weighted by Gasteiger charge is -2.20. The van der Waals surface area contributed by atoms with Crippen molar-refractivity contribution in [3.8, 4) is 23.1 Å². The second-order valence-electron chi connectivity index (χ2n) is 7.01. The number of rotatable bonds is 10. The van der Waals surface area contributed by atoms with E-state index in [1.165, 1.54) is 0 Å². The maximum Gasteiger partial charge on any atom is 0.137 e. The van der Waals surface area contributed by atoms with E-state index in [-0.39, 0.29) is 6.61 Å². The fourth-order valence-corrected chi connectivity index (χ4v) is 3.02. The Balaban J connectivity index is 1.35. The Morgan fingerprint density at radius 3 is 2.66 bits per heavy atom. The lowest BCUT2D eigenvalue weighted by atomic mass is 10.1. The van der Waals surface area contributed by atoms with Crippen molar-refractivity contribution in [2.45, 2.75) is 18.9 Å². The third kappa shape index (κ3) is 6.46. The number of aliphatic hydroxyl groups is 1. The molecule has 6 heteroatoms. The van der Waals surface area contributed by atoms with Gasteiger partial charge in [-0.1, -0.05) is 35.5 Å². The molecule has 0 fully saturated rings. The quantitative estimate of drug-likeness (QED) is 0.569. The van der Waals surface area contributed by atoms with Crippen molar-refractivity contribution < 1.29 is 14.4 Å². The number of aliphatic hydroxyl groups excluding tert-OH is 1. The van der Waals surface area contributed by atoms with Crippen LogP contribution in [-0.2, 0) is 6.42 Å². The van der Waals surface area contributed by atoms with E-state index in [2.05, 4.69) is 16.1 Å². The molecule has 0 bridgehead atoms. The van der Waals surface area contributed by atoms with E-state index in [1.54, 1.807) is 24.3 Å². The van der Waals surface area contributed by atoms with Gasteiger partial charge in [-0.05, 0) is 44.3 Å². The number of ether oxygens (including phenoxy) is 1. The van der Waals surface area contributed by atoms with Crippen LogP contribution in [-0.4, -0.2) is 48.0 Å². The topological polar surface area (TPSA) is 82.5 Å². The highest BCUT2D eigenvalue weighted by atomic mass is 16.5. The second kappa shape index (κ2) is 10.4. The van der Waals surface area contributed by atoms with Crippen LogP contribution in [0.5, 0.6) is 5.75 Å². The van der Waals surface area contributed by atoms with Gasteiger partial charge in [0.25, 0.3) is 0 Å². The summed E-state index contributed by atoms with van der Waals surface area (Å²) in [5.74, 6) is 1.51. The number of nitrogens with zero attached hydrogens (tertiary/aromatic N) is 3. The van der Waals surface area contributed by atoms with Crippen molar-refractivity contribution in [1.82, 2.24) is 10.1 Å². The summed E-state index contributed by atoms with van der Waals surface area (Å²) in [5, 5.41) is 23.1. The summed E-state index contributed by atoms with van der Waals surface area (Å²) in [6, 6.07) is 20.9. The standard InChI is InChI=1S/C23H25N3O3/c1-26(16-20(27)17-28-21-11-9-18(15-24)10-12-21)13-5-8-22-14-23(25-29-22)19-6-3-2-4-7-19/h2-4,6-7,9-12,14,20,27H,5,8,13,16-17H2,1H3. The number of nitriles is 1. The van der Waals surface area contributed by atoms with Crippen LogP contribution in [0.4, 0.5) is 0 Å². The van der Waals surface area contributed by atoms with E-state index in [9.17, 15) is 5.11 Å². The predicted octanol–water partition coefficient (Wildman–Crippen LogP) is 3.52. The fraction of sp³-hybridized carbons (Fsp3) is 0.304. The number of hydrogen-bond donors (Lipinski definition) is 1. The molecule has 29 heavy (non-hydrogen) atoms. The maximum absolute atomic E-state index is 10.2. The zero-order valence-electron chi connectivity index (χ0n) is 16.5. The Morgan fingerprint density at radius 1 is 1.17 bits per heavy atom. The normalized spacial score (nSPS) is 11.9. The van der Waals surface area contributed by atoms with Crippen molar-refractivity contribution in [1.29, 1.82) is 5.26 Å². The molecule has 0 saturated carbocycles. The average molecular weight is 391 g/mol. The smallest absolute Gasteiger partial charge is 0.137 e. The Bertz CT molecular complexity index is 917. The van der Waals surface area contributed by atoms with Gasteiger partial charge in [0, 0.05) is 24.6 Å². The highest BCUT2D eigenvalue weighted by Crippen LogP contribution is 2.19. The van der Waals surface area contributed by atoms with Crippen LogP contribution in [0.1, 0.15) is 17.7 Å². The largest absolute Gasteiger partial charge is 0.491 e. The van der Waals surface area contributed by atoms with Gasteiger partial charge >= 0.3 is 0 Å². The fourth-order valence-electron chi connectivity index (χ4n) is 3.02. The van der Waals surface area contributed by atoms with Crippen molar-refractivity contribution in [2.75, 3.05) is 26.7 Å². The van der Waals surface area contributed by atoms with Gasteiger partial charge in [0.2, 0.25) is 0 Å². The van der Waals surface area contributed by atoms with Crippen LogP contribution in [0.2, 0.25) is 0 Å². The van der Waals surface area contributed by atoms with E-state index in [1.807, 2.05) is 43.4 Å². The van der Waals surface area contributed by atoms with Gasteiger partial charge in [-0.25, -0.2) is 0 Å². The van der Waals surface area contributed by atoms with E-state index in [4.69, 9.17) is 14.5 Å². The first-order chi connectivity index (χ1) is 14.1. The van der Waals surface area contributed by atoms with Gasteiger partial charge in [-0.3, -0.25) is 0 Å². The summed E-state index contributed by atoms with van der Waals surface area (Å²) in [5.41, 5.74) is 2.48. The van der Waals surface area contributed by atoms with Gasteiger partial charge < -0.3 is 19.3 Å². The molecule has 6 nitrogen and oxygen atoms in total. The van der Waals surface area contributed by atoms with Crippen molar-refractivity contribution in [2.24, 2.45) is 0 Å². The molecule has 1 atom stereocenters. The van der Waals surface area contributed by atoms with Crippen molar-refractivity contribution in [3.05, 3.63) is 72.0 Å². The van der Waals surface area contributed by atoms with Gasteiger partial charge in [0.05, 0.1) is 11.6 Å². The second-order valence-corrected chi connectivity index (χ2v) is 7.01. The molecule has 150 valence electrons. The molecule has 3 rings (SSSR count). The molecule has 0 aliphatic rings. The van der Waals surface area contributed by atoms with E-state index >= 15 is 0 Å². The number of aryl methyl sites for hydroxylation is 1. The van der Waals surface area contributed by atoms with Crippen molar-refractivity contribution >= 4 is 0 Å². The van der Waals surface area contributed by atoms with Crippen LogP contribution in [0.3, 0.4) is 0 Å². The molecule has 1 unspecified atom stereocenters. The number of hydrogen-bond acceptors (Lipinski definition) is 6. The summed E-state index contributed by atoms with van der Waals surface area (Å²) >= 11 is 0. The summed E-state index contributed by atoms with van der Waals surface area (Å²) < 4.78 is 11.0. The Hall–Kier alpha value is -3.14. The average Bonchev–Trinajstić information content (AvgIpc) is 3.22. The highest BCUT2D eigenvalue weighted by molar-refractivity contribution is 5.58. The number of likely N-dealkylation sites (N-methyl/N-ethyl adjacent to an activating group) is 1. The lowest BCUT2D eigenvalue weighted by molar-refractivity contribution is 0.0760. The SMILES string of the molecule is CN(CCCc1cc(-c2ccccc2)no1)CC(O)COc1ccc(C#N)cc1. The molecule has 1 aromatic heterocycles. The summed E-state index contributed by atoms with van der Waals surface area (Å²) in [4.78, 5) is 2.07. The summed E-state index contributed by atoms with van der Waals surface area (Å²) in [6.07, 6.45) is 1.11. The van der Waals surface area contributed by atoms with Crippen LogP contribution in [0.25, 0.3) is 11.3 Å². The van der Waals surface area contributed by atoms with Gasteiger partial charge in [-0.15, -0.1) is 0 Å². The molecule has 0 aliphatic heterocycles. The lowest BCUT2D eigenvalue weighted by Crippen LogP contribution is -2.33. The van der Waals surface area contributed by atoms with Crippen LogP contribution < -0.4 is 4.74 Å². The van der Waals surface area contributed by atoms with E-state index in [0.29, 0.717) is 17.9 Å². The molecule has 0 amide bonds. The molecule has 0 spiro atoms. The first-order valence-electron chi connectivity index (χ1n) is 9.64. The first-order valence-corrected chi connectivity index (χ1v) is 9.64. The molecule has 2 aromatic carbocycles. The maximum atomic E-state index is 10.2. The number of benzene rings is 2. The molecule has 0 saturated heterocycles. The first kappa shape index (κ1) is 20.6. The van der Waals surface area contributed by atoms with Crippen LogP contribution >= 0.6 is 0 Å². The zero-order chi connectivity index (χ0) is 20.5. The van der Waals surface area contributed by atoms with Crippen LogP contribution in [0, 0.1) is 11.3 Å².